The first-order valence-corrected chi connectivity index (χ1v) is 7.68. The lowest BCUT2D eigenvalue weighted by Gasteiger charge is -2.03. The van der Waals surface area contributed by atoms with Crippen molar-refractivity contribution in [3.63, 3.8) is 0 Å². The largest absolute Gasteiger partial charge is 0.293 e. The van der Waals surface area contributed by atoms with Crippen LogP contribution in [-0.2, 0) is 0 Å². The summed E-state index contributed by atoms with van der Waals surface area (Å²) in [5.74, 6) is 0.105. The molecular formula is C16H16ClNOS. The Hall–Kier alpha value is -1.45. The van der Waals surface area contributed by atoms with Crippen LogP contribution in [0.4, 0.5) is 0 Å². The van der Waals surface area contributed by atoms with Gasteiger partial charge in [-0.05, 0) is 19.4 Å². The molecule has 20 heavy (non-hydrogen) atoms. The van der Waals surface area contributed by atoms with E-state index in [4.69, 9.17) is 11.6 Å². The maximum atomic E-state index is 12.5. The van der Waals surface area contributed by atoms with Gasteiger partial charge in [0.05, 0.1) is 9.90 Å². The van der Waals surface area contributed by atoms with Crippen LogP contribution < -0.4 is 0 Å². The molecule has 2 rings (SSSR count). The van der Waals surface area contributed by atoms with E-state index in [2.05, 4.69) is 18.5 Å². The molecule has 0 aliphatic carbocycles. The summed E-state index contributed by atoms with van der Waals surface area (Å²) in [6.07, 6.45) is 6.69. The number of carbonyl (C=O) groups is 1. The molecule has 0 atom stereocenters. The maximum absolute atomic E-state index is 12.5. The molecule has 0 aromatic carbocycles. The second-order valence-electron chi connectivity index (χ2n) is 4.42. The molecule has 0 fully saturated rings. The van der Waals surface area contributed by atoms with Crippen LogP contribution >= 0.6 is 22.9 Å². The molecule has 0 bridgehead atoms. The number of pyridine rings is 1. The van der Waals surface area contributed by atoms with Crippen molar-refractivity contribution in [3.8, 4) is 0 Å². The number of rotatable bonds is 5. The van der Waals surface area contributed by atoms with Crippen LogP contribution in [0.25, 0.3) is 16.3 Å². The molecule has 0 saturated heterocycles. The zero-order chi connectivity index (χ0) is 14.7. The Bertz CT molecular complexity index is 700. The summed E-state index contributed by atoms with van der Waals surface area (Å²) in [5.41, 5.74) is 1.95. The minimum absolute atomic E-state index is 0.105. The number of Topliss-reactive ketones (excluding diaryl/α,β-unsaturated/α-hetero) is 1. The monoisotopic (exact) mass is 305 g/mol. The highest BCUT2D eigenvalue weighted by atomic mass is 35.5. The van der Waals surface area contributed by atoms with Crippen molar-refractivity contribution in [2.24, 2.45) is 0 Å². The topological polar surface area (TPSA) is 30.0 Å². The normalized spacial score (nSPS) is 11.8. The number of fused-ring (bicyclic) bond motifs is 1. The van der Waals surface area contributed by atoms with Gasteiger partial charge in [0.25, 0.3) is 0 Å². The Morgan fingerprint density at radius 2 is 2.30 bits per heavy atom. The average molecular weight is 306 g/mol. The van der Waals surface area contributed by atoms with E-state index in [-0.39, 0.29) is 5.78 Å². The zero-order valence-electron chi connectivity index (χ0n) is 11.6. The summed E-state index contributed by atoms with van der Waals surface area (Å²) >= 11 is 7.61. The number of carbonyl (C=O) groups excluding carboxylic acids is 1. The molecule has 0 spiro atoms. The highest BCUT2D eigenvalue weighted by molar-refractivity contribution is 7.20. The second kappa shape index (κ2) is 6.33. The lowest BCUT2D eigenvalue weighted by Crippen LogP contribution is -2.00. The molecule has 2 nitrogen and oxygen atoms in total. The number of ketones is 1. The lowest BCUT2D eigenvalue weighted by atomic mass is 10.0. The van der Waals surface area contributed by atoms with Gasteiger partial charge >= 0.3 is 0 Å². The van der Waals surface area contributed by atoms with Crippen molar-refractivity contribution in [1.82, 2.24) is 4.98 Å². The van der Waals surface area contributed by atoms with Crippen LogP contribution in [0.3, 0.4) is 0 Å². The van der Waals surface area contributed by atoms with Crippen molar-refractivity contribution in [1.29, 1.82) is 0 Å². The van der Waals surface area contributed by atoms with Crippen LogP contribution in [0.5, 0.6) is 0 Å². The molecule has 2 aromatic rings. The summed E-state index contributed by atoms with van der Waals surface area (Å²) in [5, 5.41) is 1.44. The molecular weight excluding hydrogens is 290 g/mol. The van der Waals surface area contributed by atoms with Gasteiger partial charge < -0.3 is 0 Å². The van der Waals surface area contributed by atoms with Crippen LogP contribution in [0.2, 0.25) is 5.02 Å². The molecule has 0 radical (unpaired) electrons. The van der Waals surface area contributed by atoms with Crippen molar-refractivity contribution in [2.45, 2.75) is 26.7 Å². The van der Waals surface area contributed by atoms with E-state index in [0.717, 1.165) is 27.8 Å². The Labute approximate surface area is 127 Å². The van der Waals surface area contributed by atoms with Gasteiger partial charge in [-0.1, -0.05) is 42.8 Å². The fraction of sp³-hybridized carbons (Fsp3) is 0.250. The fourth-order valence-electron chi connectivity index (χ4n) is 2.13. The van der Waals surface area contributed by atoms with Gasteiger partial charge in [0.15, 0.2) is 5.78 Å². The van der Waals surface area contributed by atoms with Crippen LogP contribution in [-0.4, -0.2) is 10.8 Å². The number of halogens is 1. The number of nitrogens with zero attached hydrogens (tertiary/aromatic N) is 1. The highest BCUT2D eigenvalue weighted by Crippen LogP contribution is 2.36. The first kappa shape index (κ1) is 14.9. The SMILES string of the molecule is C=Cc1c(C(=O)C/C(=C\C)CC)sc2nccc(Cl)c12. The predicted molar refractivity (Wildman–Crippen MR) is 87.7 cm³/mol. The average Bonchev–Trinajstić information content (AvgIpc) is 2.84. The van der Waals surface area contributed by atoms with E-state index < -0.39 is 0 Å². The van der Waals surface area contributed by atoms with E-state index in [0.29, 0.717) is 16.3 Å². The number of hydrogen-bond acceptors (Lipinski definition) is 3. The summed E-state index contributed by atoms with van der Waals surface area (Å²) in [4.78, 5) is 18.3. The van der Waals surface area contributed by atoms with Crippen LogP contribution in [0.15, 0.2) is 30.5 Å². The van der Waals surface area contributed by atoms with Gasteiger partial charge in [-0.3, -0.25) is 4.79 Å². The van der Waals surface area contributed by atoms with Gasteiger partial charge in [-0.2, -0.15) is 0 Å². The van der Waals surface area contributed by atoms with Crippen LogP contribution in [0, 0.1) is 0 Å². The lowest BCUT2D eigenvalue weighted by molar-refractivity contribution is 0.0996. The van der Waals surface area contributed by atoms with E-state index in [1.54, 1.807) is 18.3 Å². The van der Waals surface area contributed by atoms with E-state index >= 15 is 0 Å². The molecule has 4 heteroatoms. The van der Waals surface area contributed by atoms with Gasteiger partial charge in [0.1, 0.15) is 4.83 Å². The standard InChI is InChI=1S/C16H16ClNOS/c1-4-10(5-2)9-13(19)15-11(6-3)14-12(17)7-8-18-16(14)20-15/h4,6-8H,3,5,9H2,1-2H3/b10-4-. The highest BCUT2D eigenvalue weighted by Gasteiger charge is 2.19. The number of allylic oxidation sites excluding steroid dienone is 2. The van der Waals surface area contributed by atoms with Gasteiger partial charge in [-0.15, -0.1) is 11.3 Å². The first-order chi connectivity index (χ1) is 9.62. The van der Waals surface area contributed by atoms with Crippen molar-refractivity contribution < 1.29 is 4.79 Å². The molecule has 0 aliphatic rings. The number of aromatic nitrogens is 1. The third-order valence-electron chi connectivity index (χ3n) is 3.29. The Morgan fingerprint density at radius 3 is 2.90 bits per heavy atom. The summed E-state index contributed by atoms with van der Waals surface area (Å²) < 4.78 is 0. The summed E-state index contributed by atoms with van der Waals surface area (Å²) in [6, 6.07) is 1.74. The molecule has 0 N–H and O–H groups in total. The Kier molecular flexibility index (Phi) is 4.73. The minimum Gasteiger partial charge on any atom is -0.293 e. The summed E-state index contributed by atoms with van der Waals surface area (Å²) in [6.45, 7) is 7.83. The molecule has 0 amide bonds. The summed E-state index contributed by atoms with van der Waals surface area (Å²) in [7, 11) is 0. The van der Waals surface area contributed by atoms with Crippen molar-refractivity contribution >= 4 is 45.0 Å². The third-order valence-corrected chi connectivity index (χ3v) is 4.75. The van der Waals surface area contributed by atoms with Gasteiger partial charge in [0, 0.05) is 23.6 Å². The molecule has 0 saturated carbocycles. The van der Waals surface area contributed by atoms with Gasteiger partial charge in [0.2, 0.25) is 0 Å². The second-order valence-corrected chi connectivity index (χ2v) is 5.83. The fourth-order valence-corrected chi connectivity index (χ4v) is 3.54. The number of thiophene rings is 1. The smallest absolute Gasteiger partial charge is 0.177 e. The minimum atomic E-state index is 0.105. The number of hydrogen-bond donors (Lipinski definition) is 0. The quantitative estimate of drug-likeness (QED) is 0.537. The van der Waals surface area contributed by atoms with Crippen molar-refractivity contribution in [3.05, 3.63) is 46.0 Å². The molecule has 104 valence electrons. The molecule has 0 aliphatic heterocycles. The molecule has 0 unspecified atom stereocenters. The first-order valence-electron chi connectivity index (χ1n) is 6.49. The van der Waals surface area contributed by atoms with E-state index in [9.17, 15) is 4.79 Å². The molecule has 2 aromatic heterocycles. The third kappa shape index (κ3) is 2.69. The maximum Gasteiger partial charge on any atom is 0.177 e. The van der Waals surface area contributed by atoms with E-state index in [1.807, 2.05) is 13.0 Å². The Morgan fingerprint density at radius 1 is 1.55 bits per heavy atom. The zero-order valence-corrected chi connectivity index (χ0v) is 13.1. The van der Waals surface area contributed by atoms with E-state index in [1.165, 1.54) is 11.3 Å². The van der Waals surface area contributed by atoms with Crippen molar-refractivity contribution in [2.75, 3.05) is 0 Å². The molecule has 2 heterocycles. The van der Waals surface area contributed by atoms with Gasteiger partial charge in [-0.25, -0.2) is 4.98 Å². The Balaban J connectivity index is 2.52. The van der Waals surface area contributed by atoms with Crippen LogP contribution in [0.1, 0.15) is 41.9 Å². The predicted octanol–water partition coefficient (Wildman–Crippen LogP) is 5.52.